The Balaban J connectivity index is 1.41. The second-order valence-electron chi connectivity index (χ2n) is 9.45. The summed E-state index contributed by atoms with van der Waals surface area (Å²) in [5.74, 6) is 0.290. The molecule has 1 atom stereocenters. The van der Waals surface area contributed by atoms with Gasteiger partial charge in [-0.2, -0.15) is 5.10 Å². The van der Waals surface area contributed by atoms with Crippen LogP contribution in [0.25, 0.3) is 0 Å². The molecule has 1 aliphatic rings. The molecule has 0 aliphatic carbocycles. The number of esters is 1. The minimum Gasteiger partial charge on any atom is -0.490 e. The highest BCUT2D eigenvalue weighted by Gasteiger charge is 2.32. The first-order valence-corrected chi connectivity index (χ1v) is 14.7. The molecule has 10 nitrogen and oxygen atoms in total. The Morgan fingerprint density at radius 1 is 1.00 bits per heavy atom. The zero-order valence-electron chi connectivity index (χ0n) is 24.5. The quantitative estimate of drug-likeness (QED) is 0.101. The number of hydrogen-bond acceptors (Lipinski definition) is 8. The van der Waals surface area contributed by atoms with Crippen molar-refractivity contribution in [3.05, 3.63) is 99.7 Å². The van der Waals surface area contributed by atoms with Gasteiger partial charge in [-0.15, -0.1) is 0 Å². The van der Waals surface area contributed by atoms with Crippen molar-refractivity contribution in [2.24, 2.45) is 5.10 Å². The highest BCUT2D eigenvalue weighted by atomic mass is 35.5. The summed E-state index contributed by atoms with van der Waals surface area (Å²) in [5.41, 5.74) is 5.59. The van der Waals surface area contributed by atoms with Crippen LogP contribution in [0.2, 0.25) is 5.02 Å². The SMILES string of the molecule is CCOC(=O)C1=C(C)NC(=S)N[C@H]1c1ccccc1OCC(=O)NN=Cc1cc(Cl)c(OCc2ccccc2)c(OCC)c1. The summed E-state index contributed by atoms with van der Waals surface area (Å²) < 4.78 is 22.8. The topological polar surface area (TPSA) is 120 Å². The maximum absolute atomic E-state index is 12.8. The van der Waals surface area contributed by atoms with Gasteiger partial charge in [0, 0.05) is 11.3 Å². The molecule has 0 bridgehead atoms. The predicted octanol–water partition coefficient (Wildman–Crippen LogP) is 5.20. The van der Waals surface area contributed by atoms with Gasteiger partial charge in [0.2, 0.25) is 0 Å². The first-order chi connectivity index (χ1) is 21.3. The van der Waals surface area contributed by atoms with Crippen molar-refractivity contribution >= 4 is 47.0 Å². The van der Waals surface area contributed by atoms with E-state index in [2.05, 4.69) is 21.2 Å². The third kappa shape index (κ3) is 8.48. The van der Waals surface area contributed by atoms with E-state index in [-0.39, 0.29) is 13.2 Å². The van der Waals surface area contributed by atoms with Gasteiger partial charge in [0.05, 0.1) is 36.1 Å². The lowest BCUT2D eigenvalue weighted by atomic mass is 9.95. The first-order valence-electron chi connectivity index (χ1n) is 13.9. The molecule has 0 aromatic heterocycles. The molecule has 44 heavy (non-hydrogen) atoms. The van der Waals surface area contributed by atoms with Crippen LogP contribution in [0.1, 0.15) is 43.5 Å². The Morgan fingerprint density at radius 2 is 1.75 bits per heavy atom. The van der Waals surface area contributed by atoms with Gasteiger partial charge in [0.25, 0.3) is 5.91 Å². The van der Waals surface area contributed by atoms with Crippen LogP contribution < -0.4 is 30.3 Å². The average molecular weight is 637 g/mol. The minimum absolute atomic E-state index is 0.219. The molecule has 12 heteroatoms. The van der Waals surface area contributed by atoms with Gasteiger partial charge in [-0.25, -0.2) is 10.2 Å². The van der Waals surface area contributed by atoms with Crippen molar-refractivity contribution < 1.29 is 28.5 Å². The first kappa shape index (κ1) is 32.3. The Bertz CT molecular complexity index is 1560. The lowest BCUT2D eigenvalue weighted by molar-refractivity contribution is -0.139. The summed E-state index contributed by atoms with van der Waals surface area (Å²) in [4.78, 5) is 25.4. The fraction of sp³-hybridized carbons (Fsp3) is 0.250. The summed E-state index contributed by atoms with van der Waals surface area (Å²) >= 11 is 11.8. The number of allylic oxidation sites excluding steroid dienone is 1. The van der Waals surface area contributed by atoms with Crippen LogP contribution in [0.15, 0.2) is 83.1 Å². The van der Waals surface area contributed by atoms with Gasteiger partial charge < -0.3 is 29.6 Å². The predicted molar refractivity (Wildman–Crippen MR) is 172 cm³/mol. The summed E-state index contributed by atoms with van der Waals surface area (Å²) in [6.07, 6.45) is 1.44. The summed E-state index contributed by atoms with van der Waals surface area (Å²) in [6.45, 7) is 5.96. The lowest BCUT2D eigenvalue weighted by Crippen LogP contribution is -2.45. The molecule has 3 N–H and O–H groups in total. The summed E-state index contributed by atoms with van der Waals surface area (Å²) in [7, 11) is 0. The molecule has 0 radical (unpaired) electrons. The van der Waals surface area contributed by atoms with Crippen molar-refractivity contribution in [1.29, 1.82) is 0 Å². The van der Waals surface area contributed by atoms with Gasteiger partial charge in [0.1, 0.15) is 12.4 Å². The molecule has 1 aliphatic heterocycles. The van der Waals surface area contributed by atoms with Crippen LogP contribution in [0.3, 0.4) is 0 Å². The molecule has 0 saturated carbocycles. The number of para-hydroxylation sites is 1. The number of rotatable bonds is 13. The van der Waals surface area contributed by atoms with Crippen LogP contribution in [0, 0.1) is 0 Å². The zero-order valence-corrected chi connectivity index (χ0v) is 26.1. The third-order valence-corrected chi connectivity index (χ3v) is 6.81. The van der Waals surface area contributed by atoms with E-state index in [9.17, 15) is 9.59 Å². The molecule has 0 unspecified atom stereocenters. The number of carbonyl (C=O) groups is 2. The maximum atomic E-state index is 12.8. The average Bonchev–Trinajstić information content (AvgIpc) is 3.00. The molecular formula is C32H33ClN4O6S. The van der Waals surface area contributed by atoms with Gasteiger partial charge in [0.15, 0.2) is 23.2 Å². The Kier molecular flexibility index (Phi) is 11.6. The van der Waals surface area contributed by atoms with Crippen molar-refractivity contribution in [2.45, 2.75) is 33.4 Å². The van der Waals surface area contributed by atoms with Crippen LogP contribution in [0.5, 0.6) is 17.2 Å². The van der Waals surface area contributed by atoms with E-state index in [1.54, 1.807) is 50.2 Å². The van der Waals surface area contributed by atoms with E-state index >= 15 is 0 Å². The highest BCUT2D eigenvalue weighted by molar-refractivity contribution is 7.80. The molecule has 0 saturated heterocycles. The molecule has 3 aromatic rings. The largest absolute Gasteiger partial charge is 0.490 e. The molecule has 4 rings (SSSR count). The fourth-order valence-electron chi connectivity index (χ4n) is 4.41. The number of ether oxygens (including phenoxy) is 4. The van der Waals surface area contributed by atoms with E-state index in [0.29, 0.717) is 63.0 Å². The van der Waals surface area contributed by atoms with Crippen LogP contribution in [-0.4, -0.2) is 43.0 Å². The Labute approximate surface area is 266 Å². The van der Waals surface area contributed by atoms with Crippen molar-refractivity contribution in [3.8, 4) is 17.2 Å². The van der Waals surface area contributed by atoms with Gasteiger partial charge in [-0.1, -0.05) is 60.1 Å². The third-order valence-electron chi connectivity index (χ3n) is 6.31. The van der Waals surface area contributed by atoms with Gasteiger partial charge in [-0.05, 0) is 62.3 Å². The van der Waals surface area contributed by atoms with Gasteiger partial charge in [-0.3, -0.25) is 4.79 Å². The maximum Gasteiger partial charge on any atom is 0.338 e. The number of carbonyl (C=O) groups excluding carboxylic acids is 2. The number of hydrogen-bond donors (Lipinski definition) is 3. The van der Waals surface area contributed by atoms with E-state index in [4.69, 9.17) is 42.8 Å². The minimum atomic E-state index is -0.635. The van der Waals surface area contributed by atoms with Crippen LogP contribution in [0.4, 0.5) is 0 Å². The summed E-state index contributed by atoms with van der Waals surface area (Å²) in [5, 5.41) is 10.8. The Hall–Kier alpha value is -4.61. The van der Waals surface area contributed by atoms with Crippen molar-refractivity contribution in [2.75, 3.05) is 19.8 Å². The smallest absolute Gasteiger partial charge is 0.338 e. The number of amides is 1. The second-order valence-corrected chi connectivity index (χ2v) is 10.3. The Morgan fingerprint density at radius 3 is 2.50 bits per heavy atom. The molecule has 230 valence electrons. The fourth-order valence-corrected chi connectivity index (χ4v) is 4.95. The molecule has 1 amide bonds. The molecule has 1 heterocycles. The van der Waals surface area contributed by atoms with Crippen molar-refractivity contribution in [1.82, 2.24) is 16.1 Å². The number of halogens is 1. The molecule has 3 aromatic carbocycles. The van der Waals surface area contributed by atoms with Crippen molar-refractivity contribution in [3.63, 3.8) is 0 Å². The highest BCUT2D eigenvalue weighted by Crippen LogP contribution is 2.37. The van der Waals surface area contributed by atoms with Crippen LogP contribution >= 0.6 is 23.8 Å². The van der Waals surface area contributed by atoms with Crippen LogP contribution in [-0.2, 0) is 20.9 Å². The van der Waals surface area contributed by atoms with E-state index in [0.717, 1.165) is 5.56 Å². The number of hydrazone groups is 1. The molecule has 0 spiro atoms. The summed E-state index contributed by atoms with van der Waals surface area (Å²) in [6, 6.07) is 19.5. The second kappa shape index (κ2) is 15.7. The van der Waals surface area contributed by atoms with Gasteiger partial charge >= 0.3 is 5.97 Å². The monoisotopic (exact) mass is 636 g/mol. The lowest BCUT2D eigenvalue weighted by Gasteiger charge is -2.30. The standard InChI is InChI=1S/C32H33ClN4O6S/c1-4-40-26-16-22(15-24(33)30(26)43-18-21-11-7-6-8-12-21)17-34-37-27(38)19-42-25-14-10-9-13-23(25)29-28(31(39)41-5-2)20(3)35-32(44)36-29/h6-17,29H,4-5,18-19H2,1-3H3,(H,37,38)(H2,35,36,44)/t29-/m0/s1. The van der Waals surface area contributed by atoms with E-state index in [1.807, 2.05) is 37.3 Å². The number of nitrogens with one attached hydrogen (secondary N) is 3. The number of nitrogens with zero attached hydrogens (tertiary/aromatic N) is 1. The molecule has 0 fully saturated rings. The van der Waals surface area contributed by atoms with E-state index in [1.165, 1.54) is 6.21 Å². The van der Waals surface area contributed by atoms with E-state index < -0.39 is 17.9 Å². The zero-order chi connectivity index (χ0) is 31.5. The normalized spacial score (nSPS) is 14.5. The number of benzene rings is 3. The number of thiocarbonyl (C=S) groups is 1. The molecular weight excluding hydrogens is 604 g/mol.